The van der Waals surface area contributed by atoms with E-state index in [1.165, 1.54) is 0 Å². The number of rotatable bonds is 4. The molecule has 6 heteroatoms. The van der Waals surface area contributed by atoms with Crippen molar-refractivity contribution < 1.29 is 9.53 Å². The molecule has 6 nitrogen and oxygen atoms in total. The highest BCUT2D eigenvalue weighted by Gasteiger charge is 2.35. The first kappa shape index (κ1) is 15.7. The minimum Gasteiger partial charge on any atom is -0.371 e. The van der Waals surface area contributed by atoms with Crippen molar-refractivity contribution in [3.8, 4) is 0 Å². The third kappa shape index (κ3) is 3.12. The summed E-state index contributed by atoms with van der Waals surface area (Å²) in [4.78, 5) is 22.9. The zero-order chi connectivity index (χ0) is 16.4. The predicted octanol–water partition coefficient (Wildman–Crippen LogP) is 2.46. The van der Waals surface area contributed by atoms with E-state index >= 15 is 0 Å². The first-order chi connectivity index (χ1) is 11.1. The van der Waals surface area contributed by atoms with Crippen molar-refractivity contribution in [2.24, 2.45) is 0 Å². The lowest BCUT2D eigenvalue weighted by atomic mass is 10.0. The number of ether oxygens (including phenoxy) is 1. The largest absolute Gasteiger partial charge is 0.371 e. The highest BCUT2D eigenvalue weighted by atomic mass is 16.5. The summed E-state index contributed by atoms with van der Waals surface area (Å²) in [7, 11) is 1.82. The van der Waals surface area contributed by atoms with Gasteiger partial charge in [0.1, 0.15) is 11.8 Å². The van der Waals surface area contributed by atoms with E-state index in [-0.39, 0.29) is 24.1 Å². The number of amides is 1. The van der Waals surface area contributed by atoms with Gasteiger partial charge >= 0.3 is 0 Å². The minimum absolute atomic E-state index is 0.00380. The molecule has 0 saturated carbocycles. The normalized spacial score (nSPS) is 20.9. The van der Waals surface area contributed by atoms with Crippen LogP contribution in [-0.4, -0.2) is 45.0 Å². The zero-order valence-corrected chi connectivity index (χ0v) is 13.7. The SMILES string of the molecule is CC(C)n1cnc(C(=O)N(C)[C@H]2CCO[C@@H]2c2cccnc2)c1. The van der Waals surface area contributed by atoms with Gasteiger partial charge < -0.3 is 14.2 Å². The second-order valence-electron chi connectivity index (χ2n) is 6.15. The van der Waals surface area contributed by atoms with Gasteiger partial charge in [0.05, 0.1) is 12.4 Å². The van der Waals surface area contributed by atoms with Crippen LogP contribution >= 0.6 is 0 Å². The Morgan fingerprint density at radius 2 is 2.30 bits per heavy atom. The number of carbonyl (C=O) groups is 1. The molecule has 1 fully saturated rings. The van der Waals surface area contributed by atoms with Crippen molar-refractivity contribution in [1.82, 2.24) is 19.4 Å². The number of likely N-dealkylation sites (N-methyl/N-ethyl adjacent to an activating group) is 1. The number of pyridine rings is 1. The summed E-state index contributed by atoms with van der Waals surface area (Å²) in [5.74, 6) is -0.0752. The van der Waals surface area contributed by atoms with Gasteiger partial charge in [0.25, 0.3) is 5.91 Å². The Labute approximate surface area is 136 Å². The van der Waals surface area contributed by atoms with Crippen molar-refractivity contribution in [2.75, 3.05) is 13.7 Å². The molecule has 122 valence electrons. The molecule has 1 amide bonds. The molecule has 2 aromatic rings. The van der Waals surface area contributed by atoms with E-state index in [0.29, 0.717) is 12.3 Å². The third-order valence-electron chi connectivity index (χ3n) is 4.31. The molecule has 0 bridgehead atoms. The van der Waals surface area contributed by atoms with Crippen molar-refractivity contribution in [3.05, 3.63) is 48.3 Å². The highest BCUT2D eigenvalue weighted by Crippen LogP contribution is 2.32. The van der Waals surface area contributed by atoms with Crippen LogP contribution in [0.2, 0.25) is 0 Å². The average Bonchev–Trinajstić information content (AvgIpc) is 3.23. The maximum Gasteiger partial charge on any atom is 0.274 e. The van der Waals surface area contributed by atoms with Crippen LogP contribution in [0.1, 0.15) is 48.5 Å². The van der Waals surface area contributed by atoms with Crippen LogP contribution in [0.5, 0.6) is 0 Å². The van der Waals surface area contributed by atoms with Crippen molar-refractivity contribution in [1.29, 1.82) is 0 Å². The molecule has 0 N–H and O–H groups in total. The second kappa shape index (κ2) is 6.50. The van der Waals surface area contributed by atoms with Crippen molar-refractivity contribution >= 4 is 5.91 Å². The number of carbonyl (C=O) groups excluding carboxylic acids is 1. The van der Waals surface area contributed by atoms with Gasteiger partial charge in [-0.3, -0.25) is 9.78 Å². The van der Waals surface area contributed by atoms with Crippen LogP contribution in [0, 0.1) is 0 Å². The van der Waals surface area contributed by atoms with Gasteiger partial charge in [-0.1, -0.05) is 6.07 Å². The zero-order valence-electron chi connectivity index (χ0n) is 13.7. The second-order valence-corrected chi connectivity index (χ2v) is 6.15. The molecule has 3 heterocycles. The van der Waals surface area contributed by atoms with Crippen LogP contribution in [0.25, 0.3) is 0 Å². The third-order valence-corrected chi connectivity index (χ3v) is 4.31. The van der Waals surface area contributed by atoms with Gasteiger partial charge in [-0.05, 0) is 26.3 Å². The summed E-state index contributed by atoms with van der Waals surface area (Å²) in [6.07, 6.45) is 7.72. The van der Waals surface area contributed by atoms with Crippen LogP contribution in [0.15, 0.2) is 37.1 Å². The molecule has 2 atom stereocenters. The van der Waals surface area contributed by atoms with Gasteiger partial charge in [0.2, 0.25) is 0 Å². The first-order valence-corrected chi connectivity index (χ1v) is 7.90. The quantitative estimate of drug-likeness (QED) is 0.870. The van der Waals surface area contributed by atoms with Crippen molar-refractivity contribution in [3.63, 3.8) is 0 Å². The molecule has 1 saturated heterocycles. The maximum absolute atomic E-state index is 12.7. The maximum atomic E-state index is 12.7. The number of aromatic nitrogens is 3. The van der Waals surface area contributed by atoms with Crippen molar-refractivity contribution in [2.45, 2.75) is 38.5 Å². The molecule has 0 unspecified atom stereocenters. The Bertz CT molecular complexity index is 668. The first-order valence-electron chi connectivity index (χ1n) is 7.90. The van der Waals surface area contributed by atoms with Gasteiger partial charge in [0, 0.05) is 43.9 Å². The Kier molecular flexibility index (Phi) is 4.43. The number of hydrogen-bond acceptors (Lipinski definition) is 4. The number of hydrogen-bond donors (Lipinski definition) is 0. The molecule has 0 aromatic carbocycles. The summed E-state index contributed by atoms with van der Waals surface area (Å²) < 4.78 is 7.78. The molecule has 0 spiro atoms. The van der Waals surface area contributed by atoms with E-state index in [2.05, 4.69) is 23.8 Å². The molecule has 1 aliphatic rings. The Morgan fingerprint density at radius 3 is 2.96 bits per heavy atom. The van der Waals surface area contributed by atoms with Crippen LogP contribution in [0.4, 0.5) is 0 Å². The van der Waals surface area contributed by atoms with E-state index < -0.39 is 0 Å². The molecule has 23 heavy (non-hydrogen) atoms. The summed E-state index contributed by atoms with van der Waals surface area (Å²) in [6.45, 7) is 4.76. The van der Waals surface area contributed by atoms with E-state index in [1.807, 2.05) is 23.7 Å². The van der Waals surface area contributed by atoms with Gasteiger partial charge in [-0.15, -0.1) is 0 Å². The summed E-state index contributed by atoms with van der Waals surface area (Å²) in [5, 5.41) is 0. The fourth-order valence-corrected chi connectivity index (χ4v) is 2.90. The molecule has 0 radical (unpaired) electrons. The van der Waals surface area contributed by atoms with Crippen LogP contribution in [0.3, 0.4) is 0 Å². The summed E-state index contributed by atoms with van der Waals surface area (Å²) in [5.41, 5.74) is 1.47. The van der Waals surface area contributed by atoms with E-state index in [1.54, 1.807) is 29.8 Å². The standard InChI is InChI=1S/C17H22N4O2/c1-12(2)21-10-14(19-11-21)17(22)20(3)15-6-8-23-16(15)13-5-4-7-18-9-13/h4-5,7,9-12,15-16H,6,8H2,1-3H3/t15-,16+/m0/s1. The summed E-state index contributed by atoms with van der Waals surface area (Å²) >= 11 is 0. The highest BCUT2D eigenvalue weighted by molar-refractivity contribution is 5.92. The van der Waals surface area contributed by atoms with E-state index in [9.17, 15) is 4.79 Å². The Hall–Kier alpha value is -2.21. The van der Waals surface area contributed by atoms with E-state index in [0.717, 1.165) is 12.0 Å². The average molecular weight is 314 g/mol. The monoisotopic (exact) mass is 314 g/mol. The van der Waals surface area contributed by atoms with Gasteiger partial charge in [0.15, 0.2) is 0 Å². The number of imidazole rings is 1. The van der Waals surface area contributed by atoms with Crippen LogP contribution < -0.4 is 0 Å². The molecule has 1 aliphatic heterocycles. The fraction of sp³-hybridized carbons (Fsp3) is 0.471. The lowest BCUT2D eigenvalue weighted by Crippen LogP contribution is -2.39. The molecular weight excluding hydrogens is 292 g/mol. The fourth-order valence-electron chi connectivity index (χ4n) is 2.90. The lowest BCUT2D eigenvalue weighted by Gasteiger charge is -2.28. The summed E-state index contributed by atoms with van der Waals surface area (Å²) in [6, 6.07) is 4.16. The van der Waals surface area contributed by atoms with E-state index in [4.69, 9.17) is 4.74 Å². The minimum atomic E-state index is -0.134. The van der Waals surface area contributed by atoms with Crippen LogP contribution in [-0.2, 0) is 4.74 Å². The lowest BCUT2D eigenvalue weighted by molar-refractivity contribution is 0.0511. The smallest absolute Gasteiger partial charge is 0.274 e. The number of nitrogens with zero attached hydrogens (tertiary/aromatic N) is 4. The molecule has 3 rings (SSSR count). The topological polar surface area (TPSA) is 60.2 Å². The molecule has 2 aromatic heterocycles. The predicted molar refractivity (Wildman–Crippen MR) is 86.0 cm³/mol. The Balaban J connectivity index is 1.78. The van der Waals surface area contributed by atoms with Gasteiger partial charge in [-0.2, -0.15) is 0 Å². The Morgan fingerprint density at radius 1 is 1.48 bits per heavy atom. The molecule has 0 aliphatic carbocycles. The van der Waals surface area contributed by atoms with Gasteiger partial charge in [-0.25, -0.2) is 4.98 Å². The molecular formula is C17H22N4O2.